The molecule has 0 aliphatic heterocycles. The van der Waals surface area contributed by atoms with Gasteiger partial charge in [0.25, 0.3) is 5.91 Å². The lowest BCUT2D eigenvalue weighted by Gasteiger charge is -2.24. The van der Waals surface area contributed by atoms with Gasteiger partial charge in [0.05, 0.1) is 5.56 Å². The van der Waals surface area contributed by atoms with Crippen molar-refractivity contribution in [3.63, 3.8) is 0 Å². The summed E-state index contributed by atoms with van der Waals surface area (Å²) in [7, 11) is 1.58. The number of carbonyl (C=O) groups excluding carboxylic acids is 1. The first kappa shape index (κ1) is 21.2. The molecule has 0 fully saturated rings. The Labute approximate surface area is 165 Å². The Morgan fingerprint density at radius 2 is 1.71 bits per heavy atom. The monoisotopic (exact) mass is 382 g/mol. The number of anilines is 1. The van der Waals surface area contributed by atoms with Crippen LogP contribution in [0.25, 0.3) is 0 Å². The van der Waals surface area contributed by atoms with Gasteiger partial charge in [-0.25, -0.2) is 8.78 Å². The summed E-state index contributed by atoms with van der Waals surface area (Å²) in [5.41, 5.74) is 3.92. The van der Waals surface area contributed by atoms with Crippen LogP contribution in [0.1, 0.15) is 35.2 Å². The molecule has 1 amide bonds. The highest BCUT2D eigenvalue weighted by atomic mass is 19.1. The van der Waals surface area contributed by atoms with Crippen molar-refractivity contribution in [1.29, 1.82) is 0 Å². The zero-order valence-corrected chi connectivity index (χ0v) is 16.7. The Hall–Kier alpha value is -3.13. The zero-order valence-electron chi connectivity index (χ0n) is 16.7. The van der Waals surface area contributed by atoms with E-state index in [9.17, 15) is 13.6 Å². The van der Waals surface area contributed by atoms with Gasteiger partial charge in [0, 0.05) is 24.5 Å². The molecule has 0 saturated heterocycles. The quantitative estimate of drug-likeness (QED) is 0.580. The van der Waals surface area contributed by atoms with E-state index in [1.165, 1.54) is 17.2 Å². The van der Waals surface area contributed by atoms with E-state index < -0.39 is 17.7 Å². The molecule has 1 atom stereocenters. The minimum atomic E-state index is -0.980. The minimum Gasteiger partial charge on any atom is -0.362 e. The van der Waals surface area contributed by atoms with Crippen molar-refractivity contribution in [3.8, 4) is 12.3 Å². The van der Waals surface area contributed by atoms with Crippen LogP contribution in [0.3, 0.4) is 0 Å². The number of halogens is 2. The van der Waals surface area contributed by atoms with Crippen LogP contribution in [0.4, 0.5) is 14.5 Å². The fourth-order valence-electron chi connectivity index (χ4n) is 3.20. The van der Waals surface area contributed by atoms with E-state index >= 15 is 0 Å². The summed E-state index contributed by atoms with van der Waals surface area (Å²) >= 11 is 0. The van der Waals surface area contributed by atoms with Gasteiger partial charge in [0.2, 0.25) is 0 Å². The third-order valence-electron chi connectivity index (χ3n) is 4.51. The maximum Gasteiger partial charge on any atom is 0.252 e. The Kier molecular flexibility index (Phi) is 6.58. The SMILES string of the molecule is C#CC(c1c(F)cccc1F)N(C)/C=C(\C)C(=O)Nc1c(C)cc(C)cc1C. The van der Waals surface area contributed by atoms with Gasteiger partial charge in [-0.1, -0.05) is 29.7 Å². The Morgan fingerprint density at radius 1 is 1.18 bits per heavy atom. The molecule has 0 saturated carbocycles. The minimum absolute atomic E-state index is 0.220. The van der Waals surface area contributed by atoms with Crippen molar-refractivity contribution >= 4 is 11.6 Å². The van der Waals surface area contributed by atoms with Crippen LogP contribution in [-0.4, -0.2) is 17.9 Å². The molecule has 0 heterocycles. The second-order valence-electron chi connectivity index (χ2n) is 6.91. The molecule has 1 unspecified atom stereocenters. The van der Waals surface area contributed by atoms with Crippen LogP contribution in [-0.2, 0) is 4.79 Å². The first-order chi connectivity index (χ1) is 13.1. The molecule has 2 aromatic rings. The van der Waals surface area contributed by atoms with E-state index in [0.29, 0.717) is 5.57 Å². The maximum atomic E-state index is 14.1. The molecule has 0 aromatic heterocycles. The van der Waals surface area contributed by atoms with Crippen molar-refractivity contribution < 1.29 is 13.6 Å². The summed E-state index contributed by atoms with van der Waals surface area (Å²) in [6.07, 6.45) is 7.01. The Balaban J connectivity index is 2.26. The van der Waals surface area contributed by atoms with E-state index in [2.05, 4.69) is 11.2 Å². The van der Waals surface area contributed by atoms with Gasteiger partial charge in [0.15, 0.2) is 0 Å². The predicted octanol–water partition coefficient (Wildman–Crippen LogP) is 5.04. The normalized spacial score (nSPS) is 12.3. The summed E-state index contributed by atoms with van der Waals surface area (Å²) in [6, 6.07) is 6.59. The van der Waals surface area contributed by atoms with Gasteiger partial charge >= 0.3 is 0 Å². The topological polar surface area (TPSA) is 32.3 Å². The number of hydrogen-bond acceptors (Lipinski definition) is 2. The standard InChI is InChI=1S/C23H24F2N2O/c1-7-20(21-18(24)9-8-10-19(21)25)27(6)13-17(5)23(28)26-22-15(3)11-14(2)12-16(22)4/h1,8-13,20H,2-6H3,(H,26,28)/b17-13+. The zero-order chi connectivity index (χ0) is 21.0. The van der Waals surface area contributed by atoms with Gasteiger partial charge in [-0.3, -0.25) is 4.79 Å². The average Bonchev–Trinajstić information content (AvgIpc) is 2.60. The van der Waals surface area contributed by atoms with Gasteiger partial charge in [-0.2, -0.15) is 0 Å². The molecule has 0 aliphatic carbocycles. The van der Waals surface area contributed by atoms with Crippen LogP contribution in [0, 0.1) is 44.7 Å². The third kappa shape index (κ3) is 4.58. The number of nitrogens with one attached hydrogen (secondary N) is 1. The highest BCUT2D eigenvalue weighted by Crippen LogP contribution is 2.26. The van der Waals surface area contributed by atoms with E-state index in [-0.39, 0.29) is 11.5 Å². The van der Waals surface area contributed by atoms with Crippen molar-refractivity contribution in [2.75, 3.05) is 12.4 Å². The molecule has 146 valence electrons. The van der Waals surface area contributed by atoms with Crippen molar-refractivity contribution in [1.82, 2.24) is 4.90 Å². The van der Waals surface area contributed by atoms with Crippen LogP contribution in [0.5, 0.6) is 0 Å². The van der Waals surface area contributed by atoms with E-state index in [4.69, 9.17) is 6.42 Å². The first-order valence-electron chi connectivity index (χ1n) is 8.85. The molecule has 0 spiro atoms. The van der Waals surface area contributed by atoms with Gasteiger partial charge < -0.3 is 10.2 Å². The number of amides is 1. The molecule has 0 aliphatic rings. The highest BCUT2D eigenvalue weighted by molar-refractivity contribution is 6.04. The lowest BCUT2D eigenvalue weighted by Crippen LogP contribution is -2.23. The van der Waals surface area contributed by atoms with E-state index in [1.807, 2.05) is 32.9 Å². The summed E-state index contributed by atoms with van der Waals surface area (Å²) in [4.78, 5) is 14.1. The number of carbonyl (C=O) groups is 1. The summed E-state index contributed by atoms with van der Waals surface area (Å²) in [5.74, 6) is 0.623. The fourth-order valence-corrected chi connectivity index (χ4v) is 3.20. The summed E-state index contributed by atoms with van der Waals surface area (Å²) < 4.78 is 28.2. The number of rotatable bonds is 5. The molecule has 2 aromatic carbocycles. The van der Waals surface area contributed by atoms with Crippen molar-refractivity contribution in [2.45, 2.75) is 33.7 Å². The third-order valence-corrected chi connectivity index (χ3v) is 4.51. The fraction of sp³-hybridized carbons (Fsp3) is 0.261. The molecule has 0 radical (unpaired) electrons. The Morgan fingerprint density at radius 3 is 2.21 bits per heavy atom. The number of hydrogen-bond donors (Lipinski definition) is 1. The molecule has 3 nitrogen and oxygen atoms in total. The Bertz CT molecular complexity index is 930. The maximum absolute atomic E-state index is 14.1. The lowest BCUT2D eigenvalue weighted by molar-refractivity contribution is -0.112. The van der Waals surface area contributed by atoms with Crippen LogP contribution in [0.15, 0.2) is 42.1 Å². The van der Waals surface area contributed by atoms with Gasteiger partial charge in [-0.05, 0) is 51.0 Å². The molecule has 2 rings (SSSR count). The average molecular weight is 382 g/mol. The molecule has 5 heteroatoms. The second-order valence-corrected chi connectivity index (χ2v) is 6.91. The summed E-state index contributed by atoms with van der Waals surface area (Å²) in [5, 5.41) is 2.90. The van der Waals surface area contributed by atoms with Crippen molar-refractivity contribution in [3.05, 3.63) is 76.0 Å². The van der Waals surface area contributed by atoms with Crippen LogP contribution in [0.2, 0.25) is 0 Å². The van der Waals surface area contributed by atoms with Crippen LogP contribution < -0.4 is 5.32 Å². The molecule has 0 bridgehead atoms. The number of terminal acetylenes is 1. The smallest absolute Gasteiger partial charge is 0.252 e. The predicted molar refractivity (Wildman–Crippen MR) is 109 cm³/mol. The number of benzene rings is 2. The van der Waals surface area contributed by atoms with Crippen LogP contribution >= 0.6 is 0 Å². The largest absolute Gasteiger partial charge is 0.362 e. The molecular formula is C23H24F2N2O. The number of aryl methyl sites for hydroxylation is 3. The molecule has 1 N–H and O–H groups in total. The summed E-state index contributed by atoms with van der Waals surface area (Å²) in [6.45, 7) is 7.47. The molecule has 28 heavy (non-hydrogen) atoms. The first-order valence-corrected chi connectivity index (χ1v) is 8.85. The van der Waals surface area contributed by atoms with Gasteiger partial charge in [0.1, 0.15) is 17.7 Å². The van der Waals surface area contributed by atoms with Crippen molar-refractivity contribution in [2.24, 2.45) is 0 Å². The van der Waals surface area contributed by atoms with Gasteiger partial charge in [-0.15, -0.1) is 6.42 Å². The second kappa shape index (κ2) is 8.71. The van der Waals surface area contributed by atoms with E-state index in [1.54, 1.807) is 14.0 Å². The number of nitrogens with zero attached hydrogens (tertiary/aromatic N) is 1. The molecular weight excluding hydrogens is 358 g/mol. The lowest BCUT2D eigenvalue weighted by atomic mass is 10.0. The van der Waals surface area contributed by atoms with E-state index in [0.717, 1.165) is 34.5 Å². The highest BCUT2D eigenvalue weighted by Gasteiger charge is 2.21.